The van der Waals surface area contributed by atoms with Crippen molar-refractivity contribution in [2.24, 2.45) is 5.41 Å². The Kier molecular flexibility index (Phi) is 4.42. The van der Waals surface area contributed by atoms with Gasteiger partial charge in [0.25, 0.3) is 0 Å². The van der Waals surface area contributed by atoms with Crippen LogP contribution in [-0.4, -0.2) is 29.9 Å². The molecule has 1 aromatic rings. The quantitative estimate of drug-likeness (QED) is 0.781. The van der Waals surface area contributed by atoms with Crippen LogP contribution in [0.5, 0.6) is 5.75 Å². The molecule has 0 bridgehead atoms. The molecule has 2 amide bonds. The molecule has 5 nitrogen and oxygen atoms in total. The molecular formula is C16H24N2O3. The number of carbonyl (C=O) groups excluding carboxylic acids is 1. The predicted octanol–water partition coefficient (Wildman–Crippen LogP) is 2.76. The zero-order valence-electron chi connectivity index (χ0n) is 12.9. The number of aliphatic hydroxyl groups is 1. The van der Waals surface area contributed by atoms with E-state index in [1.165, 1.54) is 0 Å². The third-order valence-electron chi connectivity index (χ3n) is 3.47. The van der Waals surface area contributed by atoms with Crippen molar-refractivity contribution in [3.63, 3.8) is 0 Å². The Morgan fingerprint density at radius 1 is 1.33 bits per heavy atom. The van der Waals surface area contributed by atoms with Crippen molar-refractivity contribution in [2.45, 2.75) is 39.2 Å². The summed E-state index contributed by atoms with van der Waals surface area (Å²) in [6.07, 6.45) is 1.93. The molecule has 116 valence electrons. The van der Waals surface area contributed by atoms with Gasteiger partial charge in [0.15, 0.2) is 0 Å². The van der Waals surface area contributed by atoms with Crippen LogP contribution in [-0.2, 0) is 0 Å². The molecule has 0 saturated heterocycles. The molecule has 1 aliphatic carbocycles. The Labute approximate surface area is 125 Å². The molecule has 21 heavy (non-hydrogen) atoms. The average molecular weight is 292 g/mol. The van der Waals surface area contributed by atoms with Gasteiger partial charge in [-0.05, 0) is 45.7 Å². The average Bonchev–Trinajstić information content (AvgIpc) is 3.18. The molecule has 0 heterocycles. The van der Waals surface area contributed by atoms with Crippen molar-refractivity contribution in [2.75, 3.05) is 18.5 Å². The van der Waals surface area contributed by atoms with Gasteiger partial charge in [0.1, 0.15) is 11.4 Å². The summed E-state index contributed by atoms with van der Waals surface area (Å²) in [5.41, 5.74) is 0.209. The lowest BCUT2D eigenvalue weighted by Gasteiger charge is -2.23. The minimum Gasteiger partial charge on any atom is -0.486 e. The fraction of sp³-hybridized carbons (Fsp3) is 0.562. The van der Waals surface area contributed by atoms with Gasteiger partial charge in [-0.2, -0.15) is 0 Å². The summed E-state index contributed by atoms with van der Waals surface area (Å²) < 4.78 is 5.83. The summed E-state index contributed by atoms with van der Waals surface area (Å²) in [5, 5.41) is 14.8. The Morgan fingerprint density at radius 2 is 2.00 bits per heavy atom. The molecule has 0 unspecified atom stereocenters. The van der Waals surface area contributed by atoms with Gasteiger partial charge in [-0.15, -0.1) is 0 Å². The van der Waals surface area contributed by atoms with E-state index in [2.05, 4.69) is 10.6 Å². The Morgan fingerprint density at radius 3 is 2.57 bits per heavy atom. The van der Waals surface area contributed by atoms with Gasteiger partial charge in [0, 0.05) is 12.0 Å². The van der Waals surface area contributed by atoms with E-state index in [4.69, 9.17) is 4.74 Å². The smallest absolute Gasteiger partial charge is 0.319 e. The minimum atomic E-state index is -0.330. The number of carbonyl (C=O) groups is 1. The van der Waals surface area contributed by atoms with E-state index < -0.39 is 0 Å². The molecule has 1 aliphatic rings. The standard InChI is InChI=1S/C16H24N2O3/c1-15(2,3)21-13-7-5-4-6-12(13)18-14(20)17-10-16(11-19)8-9-16/h4-7,19H,8-11H2,1-3H3,(H2,17,18,20). The van der Waals surface area contributed by atoms with Crippen LogP contribution in [0.15, 0.2) is 24.3 Å². The van der Waals surface area contributed by atoms with Crippen LogP contribution in [0.4, 0.5) is 10.5 Å². The number of nitrogens with one attached hydrogen (secondary N) is 2. The van der Waals surface area contributed by atoms with Gasteiger partial charge in [-0.1, -0.05) is 12.1 Å². The molecule has 0 spiro atoms. The van der Waals surface area contributed by atoms with E-state index >= 15 is 0 Å². The van der Waals surface area contributed by atoms with Crippen molar-refractivity contribution in [3.05, 3.63) is 24.3 Å². The Balaban J connectivity index is 1.94. The van der Waals surface area contributed by atoms with E-state index in [0.29, 0.717) is 18.0 Å². The first kappa shape index (κ1) is 15.6. The largest absolute Gasteiger partial charge is 0.486 e. The SMILES string of the molecule is CC(C)(C)Oc1ccccc1NC(=O)NCC1(CO)CC1. The summed E-state index contributed by atoms with van der Waals surface area (Å²) >= 11 is 0. The number of aliphatic hydroxyl groups excluding tert-OH is 1. The lowest BCUT2D eigenvalue weighted by atomic mass is 10.1. The molecule has 3 N–H and O–H groups in total. The highest BCUT2D eigenvalue weighted by Crippen LogP contribution is 2.44. The third-order valence-corrected chi connectivity index (χ3v) is 3.47. The van der Waals surface area contributed by atoms with Crippen molar-refractivity contribution in [1.29, 1.82) is 0 Å². The topological polar surface area (TPSA) is 70.6 Å². The number of urea groups is 1. The first-order valence-electron chi connectivity index (χ1n) is 7.27. The summed E-state index contributed by atoms with van der Waals surface area (Å²) in [5.74, 6) is 0.642. The van der Waals surface area contributed by atoms with Gasteiger partial charge in [0.05, 0.1) is 12.3 Å². The number of amides is 2. The third kappa shape index (κ3) is 4.63. The molecule has 2 rings (SSSR count). The van der Waals surface area contributed by atoms with Crippen molar-refractivity contribution in [1.82, 2.24) is 5.32 Å². The zero-order chi connectivity index (χ0) is 15.5. The number of rotatable bonds is 5. The van der Waals surface area contributed by atoms with Gasteiger partial charge < -0.3 is 20.5 Å². The number of hydrogen-bond donors (Lipinski definition) is 3. The van der Waals surface area contributed by atoms with Gasteiger partial charge >= 0.3 is 6.03 Å². The molecule has 0 radical (unpaired) electrons. The fourth-order valence-electron chi connectivity index (χ4n) is 1.99. The lowest BCUT2D eigenvalue weighted by molar-refractivity contribution is 0.132. The predicted molar refractivity (Wildman–Crippen MR) is 82.6 cm³/mol. The van der Waals surface area contributed by atoms with Crippen molar-refractivity contribution < 1.29 is 14.6 Å². The van der Waals surface area contributed by atoms with Crippen LogP contribution in [0.2, 0.25) is 0 Å². The number of anilines is 1. The van der Waals surface area contributed by atoms with E-state index in [9.17, 15) is 9.90 Å². The Hall–Kier alpha value is -1.75. The molecule has 0 atom stereocenters. The van der Waals surface area contributed by atoms with E-state index in [0.717, 1.165) is 12.8 Å². The minimum absolute atomic E-state index is 0.0984. The molecule has 1 aromatic carbocycles. The van der Waals surface area contributed by atoms with Gasteiger partial charge in [-0.3, -0.25) is 0 Å². The van der Waals surface area contributed by atoms with Crippen molar-refractivity contribution in [3.8, 4) is 5.75 Å². The number of para-hydroxylation sites is 2. The maximum absolute atomic E-state index is 12.0. The molecule has 1 saturated carbocycles. The van der Waals surface area contributed by atoms with Gasteiger partial charge in [0.2, 0.25) is 0 Å². The molecular weight excluding hydrogens is 268 g/mol. The highest BCUT2D eigenvalue weighted by Gasteiger charge is 2.42. The van der Waals surface area contributed by atoms with Crippen LogP contribution in [0, 0.1) is 5.41 Å². The maximum atomic E-state index is 12.0. The second-order valence-electron chi connectivity index (χ2n) is 6.68. The Bertz CT molecular complexity index is 504. The summed E-state index contributed by atoms with van der Waals surface area (Å²) in [7, 11) is 0. The summed E-state index contributed by atoms with van der Waals surface area (Å²) in [4.78, 5) is 12.0. The summed E-state index contributed by atoms with van der Waals surface area (Å²) in [6, 6.07) is 7.08. The summed E-state index contributed by atoms with van der Waals surface area (Å²) in [6.45, 7) is 6.50. The van der Waals surface area contributed by atoms with Gasteiger partial charge in [-0.25, -0.2) is 4.79 Å². The van der Waals surface area contributed by atoms with Crippen LogP contribution in [0.1, 0.15) is 33.6 Å². The first-order chi connectivity index (χ1) is 9.84. The lowest BCUT2D eigenvalue weighted by Crippen LogP contribution is -2.35. The molecule has 0 aliphatic heterocycles. The number of ether oxygens (including phenoxy) is 1. The first-order valence-corrected chi connectivity index (χ1v) is 7.27. The van der Waals surface area contributed by atoms with Crippen molar-refractivity contribution >= 4 is 11.7 Å². The van der Waals surface area contributed by atoms with E-state index in [1.54, 1.807) is 6.07 Å². The fourth-order valence-corrected chi connectivity index (χ4v) is 1.99. The highest BCUT2D eigenvalue weighted by atomic mass is 16.5. The molecule has 5 heteroatoms. The normalized spacial score (nSPS) is 16.2. The number of benzene rings is 1. The zero-order valence-corrected chi connectivity index (χ0v) is 12.9. The second kappa shape index (κ2) is 5.93. The van der Waals surface area contributed by atoms with E-state index in [-0.39, 0.29) is 23.7 Å². The van der Waals surface area contributed by atoms with Crippen LogP contribution >= 0.6 is 0 Å². The second-order valence-corrected chi connectivity index (χ2v) is 6.68. The maximum Gasteiger partial charge on any atom is 0.319 e. The number of hydrogen-bond acceptors (Lipinski definition) is 3. The van der Waals surface area contributed by atoms with E-state index in [1.807, 2.05) is 39.0 Å². The monoisotopic (exact) mass is 292 g/mol. The molecule has 1 fully saturated rings. The van der Waals surface area contributed by atoms with Crippen LogP contribution in [0.25, 0.3) is 0 Å². The van der Waals surface area contributed by atoms with Crippen LogP contribution < -0.4 is 15.4 Å². The van der Waals surface area contributed by atoms with Crippen LogP contribution in [0.3, 0.4) is 0 Å². The highest BCUT2D eigenvalue weighted by molar-refractivity contribution is 5.90. The molecule has 0 aromatic heterocycles.